The van der Waals surface area contributed by atoms with E-state index in [1.54, 1.807) is 0 Å². The lowest BCUT2D eigenvalue weighted by molar-refractivity contribution is -0.144. The number of hydrogen-bond donors (Lipinski definition) is 0. The van der Waals surface area contributed by atoms with Crippen LogP contribution < -0.4 is 0 Å². The molecule has 2 heteroatoms. The van der Waals surface area contributed by atoms with Crippen LogP contribution in [-0.4, -0.2) is 18.0 Å². The van der Waals surface area contributed by atoms with Crippen LogP contribution in [0, 0.1) is 35.5 Å². The molecule has 1 saturated heterocycles. The highest BCUT2D eigenvalue weighted by Gasteiger charge is 2.67. The van der Waals surface area contributed by atoms with E-state index in [9.17, 15) is 4.79 Å². The molecule has 1 aliphatic heterocycles. The molecule has 4 saturated carbocycles. The molecule has 5 rings (SSSR count). The van der Waals surface area contributed by atoms with E-state index in [1.165, 1.54) is 51.4 Å². The van der Waals surface area contributed by atoms with Crippen LogP contribution in [0.3, 0.4) is 0 Å². The molecular formula is C19H28O2. The Kier molecular flexibility index (Phi) is 2.85. The Morgan fingerprint density at radius 3 is 2.38 bits per heavy atom. The second-order valence-corrected chi connectivity index (χ2v) is 8.70. The van der Waals surface area contributed by atoms with Gasteiger partial charge in [-0.05, 0) is 68.6 Å². The molecule has 0 amide bonds. The van der Waals surface area contributed by atoms with Crippen molar-refractivity contribution >= 4 is 5.78 Å². The van der Waals surface area contributed by atoms with Gasteiger partial charge in [-0.15, -0.1) is 0 Å². The summed E-state index contributed by atoms with van der Waals surface area (Å²) in [6, 6.07) is 0. The first kappa shape index (κ1) is 13.1. The number of ether oxygens (including phenoxy) is 1. The lowest BCUT2D eigenvalue weighted by Crippen LogP contribution is -2.44. The molecule has 5 unspecified atom stereocenters. The fourth-order valence-corrected chi connectivity index (χ4v) is 6.79. The first-order valence-electron chi connectivity index (χ1n) is 9.45. The molecule has 0 aromatic heterocycles. The van der Waals surface area contributed by atoms with Gasteiger partial charge in [0.1, 0.15) is 5.78 Å². The minimum absolute atomic E-state index is 0.0970. The average molecular weight is 288 g/mol. The standard InChI is InChI=1S/C19H28O2/c20-18(17-15-12-4-5-13(10-12)16(15)17)14-6-9-21-19(11-14)7-2-1-3-8-19/h12-17H,1-11H2. The van der Waals surface area contributed by atoms with Gasteiger partial charge in [0, 0.05) is 18.4 Å². The summed E-state index contributed by atoms with van der Waals surface area (Å²) in [6.45, 7) is 0.839. The van der Waals surface area contributed by atoms with E-state index >= 15 is 0 Å². The van der Waals surface area contributed by atoms with Gasteiger partial charge in [-0.1, -0.05) is 19.3 Å². The van der Waals surface area contributed by atoms with Gasteiger partial charge >= 0.3 is 0 Å². The van der Waals surface area contributed by atoms with Crippen LogP contribution in [0.5, 0.6) is 0 Å². The van der Waals surface area contributed by atoms with Gasteiger partial charge < -0.3 is 4.74 Å². The molecule has 1 spiro atoms. The normalized spacial score (nSPS) is 50.1. The van der Waals surface area contributed by atoms with E-state index in [4.69, 9.17) is 4.74 Å². The van der Waals surface area contributed by atoms with Crippen molar-refractivity contribution in [2.45, 2.75) is 69.8 Å². The number of carbonyl (C=O) groups excluding carboxylic acids is 1. The van der Waals surface area contributed by atoms with Crippen molar-refractivity contribution < 1.29 is 9.53 Å². The third kappa shape index (κ3) is 1.90. The van der Waals surface area contributed by atoms with Crippen molar-refractivity contribution in [3.8, 4) is 0 Å². The van der Waals surface area contributed by atoms with Crippen molar-refractivity contribution in [3.63, 3.8) is 0 Å². The van der Waals surface area contributed by atoms with E-state index in [1.807, 2.05) is 0 Å². The fraction of sp³-hybridized carbons (Fsp3) is 0.947. The van der Waals surface area contributed by atoms with Crippen molar-refractivity contribution in [2.24, 2.45) is 35.5 Å². The molecule has 116 valence electrons. The Balaban J connectivity index is 1.29. The third-order valence-electron chi connectivity index (χ3n) is 7.72. The zero-order chi connectivity index (χ0) is 14.0. The van der Waals surface area contributed by atoms with Gasteiger partial charge in [0.15, 0.2) is 0 Å². The van der Waals surface area contributed by atoms with Crippen molar-refractivity contribution in [3.05, 3.63) is 0 Å². The van der Waals surface area contributed by atoms with Crippen LogP contribution in [0.2, 0.25) is 0 Å². The number of fused-ring (bicyclic) bond motifs is 5. The molecule has 2 nitrogen and oxygen atoms in total. The highest BCUT2D eigenvalue weighted by molar-refractivity contribution is 5.87. The zero-order valence-electron chi connectivity index (χ0n) is 13.1. The first-order chi connectivity index (χ1) is 10.3. The molecule has 1 heterocycles. The number of hydrogen-bond acceptors (Lipinski definition) is 2. The van der Waals surface area contributed by atoms with Crippen LogP contribution in [0.1, 0.15) is 64.2 Å². The Hall–Kier alpha value is -0.370. The quantitative estimate of drug-likeness (QED) is 0.768. The van der Waals surface area contributed by atoms with E-state index in [2.05, 4.69) is 0 Å². The molecule has 0 radical (unpaired) electrons. The molecule has 21 heavy (non-hydrogen) atoms. The highest BCUT2D eigenvalue weighted by Crippen LogP contribution is 2.70. The molecule has 0 aromatic carbocycles. The maximum absolute atomic E-state index is 13.1. The number of Topliss-reactive ketones (excluding diaryl/α,β-unsaturated/α-hetero) is 1. The highest BCUT2D eigenvalue weighted by atomic mass is 16.5. The second kappa shape index (κ2) is 4.57. The van der Waals surface area contributed by atoms with Gasteiger partial charge in [-0.2, -0.15) is 0 Å². The summed E-state index contributed by atoms with van der Waals surface area (Å²) in [6.07, 6.45) is 12.7. The average Bonchev–Trinajstić information content (AvgIpc) is 2.94. The number of rotatable bonds is 2. The van der Waals surface area contributed by atoms with Crippen molar-refractivity contribution in [1.29, 1.82) is 0 Å². The van der Waals surface area contributed by atoms with Crippen LogP contribution in [0.15, 0.2) is 0 Å². The van der Waals surface area contributed by atoms with E-state index in [-0.39, 0.29) is 5.60 Å². The molecule has 4 aliphatic carbocycles. The summed E-state index contributed by atoms with van der Waals surface area (Å²) in [4.78, 5) is 13.1. The first-order valence-corrected chi connectivity index (χ1v) is 9.45. The smallest absolute Gasteiger partial charge is 0.139 e. The monoisotopic (exact) mass is 288 g/mol. The lowest BCUT2D eigenvalue weighted by atomic mass is 9.74. The van der Waals surface area contributed by atoms with E-state index < -0.39 is 0 Å². The molecule has 5 aliphatic rings. The second-order valence-electron chi connectivity index (χ2n) is 8.70. The minimum atomic E-state index is 0.0970. The van der Waals surface area contributed by atoms with Gasteiger partial charge in [-0.25, -0.2) is 0 Å². The molecule has 5 atom stereocenters. The molecule has 2 bridgehead atoms. The van der Waals surface area contributed by atoms with E-state index in [0.717, 1.165) is 43.1 Å². The molecule has 0 aromatic rings. The maximum atomic E-state index is 13.1. The Bertz CT molecular complexity index is 429. The zero-order valence-corrected chi connectivity index (χ0v) is 13.1. The van der Waals surface area contributed by atoms with E-state index in [0.29, 0.717) is 17.6 Å². The summed E-state index contributed by atoms with van der Waals surface area (Å²) >= 11 is 0. The van der Waals surface area contributed by atoms with Crippen molar-refractivity contribution in [1.82, 2.24) is 0 Å². The molecule has 5 fully saturated rings. The van der Waals surface area contributed by atoms with Gasteiger partial charge in [0.05, 0.1) is 5.60 Å². The van der Waals surface area contributed by atoms with Crippen molar-refractivity contribution in [2.75, 3.05) is 6.61 Å². The SMILES string of the molecule is O=C(C1CCOC2(CCCCC2)C1)C1C2C3CCC(C3)C12. The number of ketones is 1. The fourth-order valence-electron chi connectivity index (χ4n) is 6.79. The molecular weight excluding hydrogens is 260 g/mol. The summed E-state index contributed by atoms with van der Waals surface area (Å²) in [5, 5.41) is 0. The Morgan fingerprint density at radius 1 is 0.952 bits per heavy atom. The summed E-state index contributed by atoms with van der Waals surface area (Å²) < 4.78 is 6.18. The largest absolute Gasteiger partial charge is 0.375 e. The summed E-state index contributed by atoms with van der Waals surface area (Å²) in [7, 11) is 0. The molecule has 0 N–H and O–H groups in total. The summed E-state index contributed by atoms with van der Waals surface area (Å²) in [5.74, 6) is 4.99. The van der Waals surface area contributed by atoms with Crippen LogP contribution in [-0.2, 0) is 9.53 Å². The maximum Gasteiger partial charge on any atom is 0.139 e. The van der Waals surface area contributed by atoms with Gasteiger partial charge in [0.2, 0.25) is 0 Å². The van der Waals surface area contributed by atoms with Gasteiger partial charge in [0.25, 0.3) is 0 Å². The van der Waals surface area contributed by atoms with Crippen LogP contribution in [0.4, 0.5) is 0 Å². The minimum Gasteiger partial charge on any atom is -0.375 e. The predicted molar refractivity (Wildman–Crippen MR) is 80.8 cm³/mol. The number of carbonyl (C=O) groups is 1. The predicted octanol–water partition coefficient (Wildman–Crippen LogP) is 3.98. The Labute approximate surface area is 128 Å². The van der Waals surface area contributed by atoms with Gasteiger partial charge in [-0.3, -0.25) is 4.79 Å². The Morgan fingerprint density at radius 2 is 1.67 bits per heavy atom. The lowest BCUT2D eigenvalue weighted by Gasteiger charge is -2.43. The van der Waals surface area contributed by atoms with Crippen LogP contribution >= 0.6 is 0 Å². The van der Waals surface area contributed by atoms with Crippen LogP contribution in [0.25, 0.3) is 0 Å². The summed E-state index contributed by atoms with van der Waals surface area (Å²) in [5.41, 5.74) is 0.0970. The third-order valence-corrected chi connectivity index (χ3v) is 7.72. The topological polar surface area (TPSA) is 26.3 Å².